The van der Waals surface area contributed by atoms with Crippen molar-refractivity contribution in [1.82, 2.24) is 4.90 Å². The van der Waals surface area contributed by atoms with Gasteiger partial charge < -0.3 is 14.4 Å². The number of nitrogens with zero attached hydrogens (tertiary/aromatic N) is 1. The maximum atomic E-state index is 13.2. The molecule has 0 spiro atoms. The molecular weight excluding hydrogens is 674 g/mol. The van der Waals surface area contributed by atoms with Crippen molar-refractivity contribution in [1.29, 1.82) is 0 Å². The van der Waals surface area contributed by atoms with Crippen LogP contribution in [0.1, 0.15) is 103 Å². The van der Waals surface area contributed by atoms with Gasteiger partial charge in [-0.25, -0.2) is 4.79 Å². The third-order valence-corrected chi connectivity index (χ3v) is 11.2. The van der Waals surface area contributed by atoms with E-state index < -0.39 is 28.6 Å². The van der Waals surface area contributed by atoms with E-state index >= 15 is 0 Å². The number of fused-ring (bicyclic) bond motifs is 5. The highest BCUT2D eigenvalue weighted by molar-refractivity contribution is 7.80. The fourth-order valence-electron chi connectivity index (χ4n) is 8.50. The molecule has 1 aliphatic heterocycles. The number of ether oxygens (including phenoxy) is 3. The Bertz CT molecular complexity index is 1310. The van der Waals surface area contributed by atoms with Crippen molar-refractivity contribution >= 4 is 50.1 Å². The molecule has 1 amide bonds. The van der Waals surface area contributed by atoms with Crippen molar-refractivity contribution in [3.05, 3.63) is 41.5 Å². The van der Waals surface area contributed by atoms with Crippen LogP contribution in [0, 0.1) is 23.2 Å². The highest BCUT2D eigenvalue weighted by atomic mass is 32.1. The van der Waals surface area contributed by atoms with Crippen LogP contribution >= 0.6 is 12.6 Å². The molecule has 0 aromatic heterocycles. The Hall–Kier alpha value is -1.52. The number of alkyl halides is 4. The first kappa shape index (κ1) is 43.9. The Morgan fingerprint density at radius 3 is 2.37 bits per heavy atom. The molecule has 4 aliphatic rings. The lowest BCUT2D eigenvalue weighted by Crippen LogP contribution is -2.48. The molecule has 1 aromatic rings. The number of morpholine rings is 1. The third kappa shape index (κ3) is 11.7. The molecule has 1 heterocycles. The van der Waals surface area contributed by atoms with Crippen LogP contribution in [-0.4, -0.2) is 91.9 Å². The van der Waals surface area contributed by atoms with Crippen LogP contribution < -0.4 is 4.74 Å². The van der Waals surface area contributed by atoms with Crippen molar-refractivity contribution in [2.45, 2.75) is 128 Å². The van der Waals surface area contributed by atoms with Crippen molar-refractivity contribution in [2.24, 2.45) is 23.2 Å². The molecule has 6 unspecified atom stereocenters. The van der Waals surface area contributed by atoms with E-state index in [9.17, 15) is 22.4 Å². The van der Waals surface area contributed by atoms with Gasteiger partial charge in [0.1, 0.15) is 21.4 Å². The summed E-state index contributed by atoms with van der Waals surface area (Å²) in [5, 5.41) is -1.67. The van der Waals surface area contributed by atoms with E-state index in [1.165, 1.54) is 16.7 Å². The summed E-state index contributed by atoms with van der Waals surface area (Å²) in [6.07, 6.45) is 0.939. The molecule has 14 heteroatoms. The van der Waals surface area contributed by atoms with Gasteiger partial charge in [0.05, 0.1) is 41.1 Å². The molecule has 8 radical (unpaired) electrons. The number of carbonyl (C=O) groups excluding carboxylic acids is 1. The summed E-state index contributed by atoms with van der Waals surface area (Å²) >= 11 is 3.91. The Balaban J connectivity index is 0.000000395. The zero-order valence-corrected chi connectivity index (χ0v) is 31.8. The van der Waals surface area contributed by atoms with Gasteiger partial charge in [0.2, 0.25) is 0 Å². The van der Waals surface area contributed by atoms with E-state index in [2.05, 4.69) is 36.9 Å². The van der Waals surface area contributed by atoms with Gasteiger partial charge in [0.25, 0.3) is 0 Å². The van der Waals surface area contributed by atoms with Crippen molar-refractivity contribution < 1.29 is 36.6 Å². The SMILES string of the molecule is C=C(C)C.CCC[C@@H]1Cc2cc(OC(=O)N3CCOC(C)C3)ccc2C2CCC3(C)C(OC(F)(F)F)CCC3C21.[B]C([B])(F)C([B])([B])CCCS. The van der Waals surface area contributed by atoms with Crippen LogP contribution in [0.2, 0.25) is 5.21 Å². The van der Waals surface area contributed by atoms with E-state index in [1.807, 2.05) is 39.8 Å². The Kier molecular flexibility index (Phi) is 15.7. The molecule has 0 N–H and O–H groups in total. The Labute approximate surface area is 314 Å². The Morgan fingerprint density at radius 1 is 1.14 bits per heavy atom. The van der Waals surface area contributed by atoms with Crippen LogP contribution in [0.4, 0.5) is 22.4 Å². The summed E-state index contributed by atoms with van der Waals surface area (Å²) in [5.74, 6) is 2.47. The maximum absolute atomic E-state index is 13.2. The zero-order valence-electron chi connectivity index (χ0n) is 30.9. The van der Waals surface area contributed by atoms with Gasteiger partial charge in [0, 0.05) is 12.0 Å². The van der Waals surface area contributed by atoms with Crippen LogP contribution in [0.3, 0.4) is 0 Å². The molecule has 5 nitrogen and oxygen atoms in total. The predicted molar refractivity (Wildman–Crippen MR) is 202 cm³/mol. The first-order chi connectivity index (χ1) is 23.6. The molecule has 276 valence electrons. The largest absolute Gasteiger partial charge is 0.522 e. The third-order valence-electron chi connectivity index (χ3n) is 10.9. The second kappa shape index (κ2) is 18.2. The van der Waals surface area contributed by atoms with Gasteiger partial charge in [0.15, 0.2) is 0 Å². The molecular formula is C37H53B4F4NO4S. The van der Waals surface area contributed by atoms with Gasteiger partial charge in [-0.3, -0.25) is 9.13 Å². The molecule has 3 aliphatic carbocycles. The zero-order chi connectivity index (χ0) is 38.4. The number of thiol groups is 1. The van der Waals surface area contributed by atoms with E-state index in [0.29, 0.717) is 61.8 Å². The van der Waals surface area contributed by atoms with Gasteiger partial charge in [-0.1, -0.05) is 50.0 Å². The number of amides is 1. The molecule has 7 atom stereocenters. The summed E-state index contributed by atoms with van der Waals surface area (Å²) in [5.41, 5.74) is 0.704. The average molecular weight is 727 g/mol. The average Bonchev–Trinajstić information content (AvgIpc) is 3.33. The molecule has 1 saturated heterocycles. The molecule has 3 fully saturated rings. The van der Waals surface area contributed by atoms with Crippen LogP contribution in [0.5, 0.6) is 5.75 Å². The number of hydrogen-bond acceptors (Lipinski definition) is 5. The second-order valence-electron chi connectivity index (χ2n) is 15.4. The normalized spacial score (nSPS) is 28.9. The van der Waals surface area contributed by atoms with E-state index in [-0.39, 0.29) is 24.5 Å². The lowest BCUT2D eigenvalue weighted by atomic mass is 9.35. The number of benzene rings is 1. The summed E-state index contributed by atoms with van der Waals surface area (Å²) in [7, 11) is 20.4. The van der Waals surface area contributed by atoms with Crippen molar-refractivity contribution in [3.63, 3.8) is 0 Å². The minimum absolute atomic E-state index is 0.00438. The van der Waals surface area contributed by atoms with Crippen LogP contribution in [0.25, 0.3) is 0 Å². The number of carbonyl (C=O) groups is 1. The highest BCUT2D eigenvalue weighted by Crippen LogP contribution is 2.63. The van der Waals surface area contributed by atoms with Gasteiger partial charge in [-0.2, -0.15) is 12.6 Å². The van der Waals surface area contributed by atoms with Gasteiger partial charge >= 0.3 is 12.5 Å². The van der Waals surface area contributed by atoms with Crippen molar-refractivity contribution in [3.8, 4) is 5.75 Å². The highest BCUT2D eigenvalue weighted by Gasteiger charge is 2.59. The minimum Gasteiger partial charge on any atom is -0.410 e. The Morgan fingerprint density at radius 2 is 1.80 bits per heavy atom. The lowest BCUT2D eigenvalue weighted by Gasteiger charge is -2.53. The predicted octanol–water partition coefficient (Wildman–Crippen LogP) is 8.39. The monoisotopic (exact) mass is 727 g/mol. The summed E-state index contributed by atoms with van der Waals surface area (Å²) in [6, 6.07) is 6.00. The van der Waals surface area contributed by atoms with E-state index in [0.717, 1.165) is 38.5 Å². The molecule has 1 aromatic carbocycles. The summed E-state index contributed by atoms with van der Waals surface area (Å²) < 4.78 is 68.2. The molecule has 2 saturated carbocycles. The summed E-state index contributed by atoms with van der Waals surface area (Å²) in [4.78, 5) is 14.4. The van der Waals surface area contributed by atoms with Crippen LogP contribution in [0.15, 0.2) is 30.4 Å². The standard InChI is InChI=1S/C28H38F3NO4.C5H7B4FS.C4H8/c1-4-5-18-14-19-15-20(35-26(33)32-12-13-34-17(2)16-32)6-7-21(19)22-10-11-27(3)23(25(18)22)8-9-24(27)36-28(29,30)31;6-4(7,2-1-3-11)5(8,9)10;1-4(2)3/h6-7,15,17-18,22-25H,4-5,8-14,16H2,1-3H3;11H,1-3H2;1H2,2-3H3/t17?,18-,22?,23?,24?,25?,27?;;/m1../s1. The van der Waals surface area contributed by atoms with E-state index in [4.69, 9.17) is 40.9 Å². The van der Waals surface area contributed by atoms with Gasteiger partial charge in [-0.15, -0.1) is 19.8 Å². The molecule has 51 heavy (non-hydrogen) atoms. The minimum atomic E-state index is -4.59. The molecule has 5 rings (SSSR count). The maximum Gasteiger partial charge on any atom is 0.522 e. The first-order valence-electron chi connectivity index (χ1n) is 18.2. The smallest absolute Gasteiger partial charge is 0.410 e. The van der Waals surface area contributed by atoms with E-state index in [1.54, 1.807) is 4.90 Å². The lowest BCUT2D eigenvalue weighted by molar-refractivity contribution is -0.354. The fourth-order valence-corrected chi connectivity index (χ4v) is 8.66. The summed E-state index contributed by atoms with van der Waals surface area (Å²) in [6.45, 7) is 15.2. The number of allylic oxidation sites excluding steroid dienone is 1. The topological polar surface area (TPSA) is 48.0 Å². The fraction of sp³-hybridized carbons (Fsp3) is 0.757. The number of halogens is 4. The van der Waals surface area contributed by atoms with Gasteiger partial charge in [-0.05, 0) is 117 Å². The quantitative estimate of drug-likeness (QED) is 0.127. The first-order valence-corrected chi connectivity index (χ1v) is 18.8. The number of rotatable bonds is 8. The second-order valence-corrected chi connectivity index (χ2v) is 15.9. The van der Waals surface area contributed by atoms with Crippen molar-refractivity contribution in [2.75, 3.05) is 25.4 Å². The molecule has 0 bridgehead atoms. The number of hydrogen-bond donors (Lipinski definition) is 1. The van der Waals surface area contributed by atoms with Crippen LogP contribution in [-0.2, 0) is 15.9 Å².